The van der Waals surface area contributed by atoms with Crippen LogP contribution in [0.5, 0.6) is 0 Å². The van der Waals surface area contributed by atoms with Crippen molar-refractivity contribution < 1.29 is 9.59 Å². The number of rotatable bonds is 7. The zero-order valence-electron chi connectivity index (χ0n) is 17.7. The van der Waals surface area contributed by atoms with E-state index in [9.17, 15) is 9.59 Å². The molecule has 4 heteroatoms. The number of carbonyl (C=O) groups is 2. The largest absolute Gasteiger partial charge is 0.350 e. The summed E-state index contributed by atoms with van der Waals surface area (Å²) in [5.74, 6) is -0.139. The first-order chi connectivity index (χ1) is 13.2. The van der Waals surface area contributed by atoms with Crippen molar-refractivity contribution in [3.05, 3.63) is 71.3 Å². The first kappa shape index (κ1) is 21.7. The highest BCUT2D eigenvalue weighted by Crippen LogP contribution is 2.18. The molecular formula is C24H32N2O2. The van der Waals surface area contributed by atoms with Crippen molar-refractivity contribution in [3.8, 4) is 0 Å². The van der Waals surface area contributed by atoms with Crippen molar-refractivity contribution in [2.24, 2.45) is 0 Å². The van der Waals surface area contributed by atoms with E-state index in [0.717, 1.165) is 16.7 Å². The number of amides is 2. The van der Waals surface area contributed by atoms with E-state index in [4.69, 9.17) is 0 Å². The van der Waals surface area contributed by atoms with Crippen LogP contribution in [0.4, 0.5) is 0 Å². The van der Waals surface area contributed by atoms with E-state index in [-0.39, 0.29) is 17.4 Å². The molecule has 0 heterocycles. The molecule has 2 amide bonds. The van der Waals surface area contributed by atoms with Crippen molar-refractivity contribution in [2.75, 3.05) is 0 Å². The SMILES string of the molecule is CCC(=O)N(Cc1ccccc1C)[C@@H](Cc1ccccc1)C(=O)NC(C)(C)C. The van der Waals surface area contributed by atoms with Gasteiger partial charge in [0.15, 0.2) is 0 Å². The van der Waals surface area contributed by atoms with Gasteiger partial charge < -0.3 is 10.2 Å². The van der Waals surface area contributed by atoms with Gasteiger partial charge >= 0.3 is 0 Å². The fraction of sp³-hybridized carbons (Fsp3) is 0.417. The summed E-state index contributed by atoms with van der Waals surface area (Å²) in [6, 6.07) is 17.3. The molecule has 0 aliphatic rings. The highest BCUT2D eigenvalue weighted by atomic mass is 16.2. The summed E-state index contributed by atoms with van der Waals surface area (Å²) >= 11 is 0. The van der Waals surface area contributed by atoms with Crippen molar-refractivity contribution in [1.29, 1.82) is 0 Å². The highest BCUT2D eigenvalue weighted by Gasteiger charge is 2.31. The number of hydrogen-bond acceptors (Lipinski definition) is 2. The van der Waals surface area contributed by atoms with Crippen molar-refractivity contribution in [3.63, 3.8) is 0 Å². The minimum atomic E-state index is -0.561. The van der Waals surface area contributed by atoms with Crippen LogP contribution in [0.25, 0.3) is 0 Å². The van der Waals surface area contributed by atoms with Crippen molar-refractivity contribution in [2.45, 2.75) is 65.6 Å². The maximum absolute atomic E-state index is 13.2. The number of aryl methyl sites for hydroxylation is 1. The van der Waals surface area contributed by atoms with Gasteiger partial charge in [-0.25, -0.2) is 0 Å². The maximum Gasteiger partial charge on any atom is 0.243 e. The average molecular weight is 381 g/mol. The van der Waals surface area contributed by atoms with E-state index in [1.54, 1.807) is 4.90 Å². The van der Waals surface area contributed by atoms with Gasteiger partial charge in [0.2, 0.25) is 11.8 Å². The Bertz CT molecular complexity index is 794. The molecule has 0 radical (unpaired) electrons. The molecule has 0 aliphatic carbocycles. The van der Waals surface area contributed by atoms with Gasteiger partial charge in [-0.05, 0) is 44.4 Å². The minimum Gasteiger partial charge on any atom is -0.350 e. The summed E-state index contributed by atoms with van der Waals surface area (Å²) in [6.07, 6.45) is 0.848. The smallest absolute Gasteiger partial charge is 0.243 e. The molecule has 2 aromatic rings. The molecule has 2 aromatic carbocycles. The lowest BCUT2D eigenvalue weighted by atomic mass is 9.99. The molecule has 1 N–H and O–H groups in total. The Hall–Kier alpha value is -2.62. The maximum atomic E-state index is 13.2. The van der Waals surface area contributed by atoms with Crippen LogP contribution in [0.2, 0.25) is 0 Å². The predicted molar refractivity (Wildman–Crippen MR) is 114 cm³/mol. The van der Waals surface area contributed by atoms with Crippen LogP contribution < -0.4 is 5.32 Å². The van der Waals surface area contributed by atoms with Crippen LogP contribution in [-0.2, 0) is 22.6 Å². The monoisotopic (exact) mass is 380 g/mol. The zero-order valence-corrected chi connectivity index (χ0v) is 17.7. The molecule has 0 fully saturated rings. The Morgan fingerprint density at radius 2 is 1.61 bits per heavy atom. The van der Waals surface area contributed by atoms with E-state index in [1.165, 1.54) is 0 Å². The Kier molecular flexibility index (Phi) is 7.38. The van der Waals surface area contributed by atoms with E-state index >= 15 is 0 Å². The molecule has 2 rings (SSSR count). The molecule has 0 saturated heterocycles. The van der Waals surface area contributed by atoms with Gasteiger partial charge in [0.05, 0.1) is 0 Å². The van der Waals surface area contributed by atoms with Crippen molar-refractivity contribution >= 4 is 11.8 Å². The summed E-state index contributed by atoms with van der Waals surface area (Å²) in [4.78, 5) is 27.8. The molecule has 0 unspecified atom stereocenters. The number of carbonyl (C=O) groups excluding carboxylic acids is 2. The van der Waals surface area contributed by atoms with Crippen LogP contribution in [0, 0.1) is 6.92 Å². The van der Waals surface area contributed by atoms with Crippen LogP contribution in [0.3, 0.4) is 0 Å². The minimum absolute atomic E-state index is 0.0201. The number of nitrogens with one attached hydrogen (secondary N) is 1. The van der Waals surface area contributed by atoms with E-state index in [0.29, 0.717) is 19.4 Å². The lowest BCUT2D eigenvalue weighted by molar-refractivity contribution is -0.141. The summed E-state index contributed by atoms with van der Waals surface area (Å²) in [7, 11) is 0. The third kappa shape index (κ3) is 6.22. The van der Waals surface area contributed by atoms with Gasteiger partial charge in [-0.2, -0.15) is 0 Å². The number of benzene rings is 2. The lowest BCUT2D eigenvalue weighted by Gasteiger charge is -2.34. The van der Waals surface area contributed by atoms with Gasteiger partial charge in [0, 0.05) is 24.9 Å². The molecular weight excluding hydrogens is 348 g/mol. The quantitative estimate of drug-likeness (QED) is 0.780. The second-order valence-electron chi connectivity index (χ2n) is 8.25. The normalized spacial score (nSPS) is 12.3. The molecule has 0 bridgehead atoms. The summed E-state index contributed by atoms with van der Waals surface area (Å²) < 4.78 is 0. The third-order valence-corrected chi connectivity index (χ3v) is 4.67. The van der Waals surface area contributed by atoms with Gasteiger partial charge in [-0.3, -0.25) is 9.59 Å². The molecule has 0 spiro atoms. The van der Waals surface area contributed by atoms with E-state index < -0.39 is 6.04 Å². The molecule has 0 saturated carbocycles. The average Bonchev–Trinajstić information content (AvgIpc) is 2.64. The summed E-state index contributed by atoms with van der Waals surface area (Å²) in [6.45, 7) is 10.2. The van der Waals surface area contributed by atoms with Gasteiger partial charge in [0.1, 0.15) is 6.04 Å². The lowest BCUT2D eigenvalue weighted by Crippen LogP contribution is -2.54. The molecule has 4 nitrogen and oxygen atoms in total. The second-order valence-corrected chi connectivity index (χ2v) is 8.25. The van der Waals surface area contributed by atoms with Crippen molar-refractivity contribution in [1.82, 2.24) is 10.2 Å². The Labute approximate surface area is 169 Å². The van der Waals surface area contributed by atoms with E-state index in [1.807, 2.05) is 89.2 Å². The Balaban J connectivity index is 2.40. The van der Waals surface area contributed by atoms with Crippen LogP contribution >= 0.6 is 0 Å². The number of hydrogen-bond donors (Lipinski definition) is 1. The fourth-order valence-electron chi connectivity index (χ4n) is 3.18. The molecule has 0 aromatic heterocycles. The van der Waals surface area contributed by atoms with Crippen LogP contribution in [0.15, 0.2) is 54.6 Å². The van der Waals surface area contributed by atoms with Crippen LogP contribution in [0.1, 0.15) is 50.8 Å². The standard InChI is InChI=1S/C24H32N2O2/c1-6-22(27)26(17-20-15-11-10-12-18(20)2)21(23(28)25-24(3,4)5)16-19-13-8-7-9-14-19/h7-15,21H,6,16-17H2,1-5H3,(H,25,28)/t21-/m0/s1. The fourth-order valence-corrected chi connectivity index (χ4v) is 3.18. The Morgan fingerprint density at radius 1 is 1.00 bits per heavy atom. The summed E-state index contributed by atoms with van der Waals surface area (Å²) in [5, 5.41) is 3.07. The summed E-state index contributed by atoms with van der Waals surface area (Å²) in [5.41, 5.74) is 2.85. The van der Waals surface area contributed by atoms with Crippen LogP contribution in [-0.4, -0.2) is 28.3 Å². The first-order valence-corrected chi connectivity index (χ1v) is 9.91. The Morgan fingerprint density at radius 3 is 2.18 bits per heavy atom. The highest BCUT2D eigenvalue weighted by molar-refractivity contribution is 5.88. The number of nitrogens with zero attached hydrogens (tertiary/aromatic N) is 1. The predicted octanol–water partition coefficient (Wildman–Crippen LogP) is 4.26. The molecule has 150 valence electrons. The zero-order chi connectivity index (χ0) is 20.7. The van der Waals surface area contributed by atoms with Gasteiger partial charge in [-0.15, -0.1) is 0 Å². The van der Waals surface area contributed by atoms with Gasteiger partial charge in [0.25, 0.3) is 0 Å². The third-order valence-electron chi connectivity index (χ3n) is 4.67. The first-order valence-electron chi connectivity index (χ1n) is 9.91. The topological polar surface area (TPSA) is 49.4 Å². The second kappa shape index (κ2) is 9.54. The van der Waals surface area contributed by atoms with E-state index in [2.05, 4.69) is 5.32 Å². The molecule has 1 atom stereocenters. The van der Waals surface area contributed by atoms with Gasteiger partial charge in [-0.1, -0.05) is 61.5 Å². The molecule has 0 aliphatic heterocycles. The molecule has 28 heavy (non-hydrogen) atoms.